The van der Waals surface area contributed by atoms with Crippen molar-refractivity contribution in [2.24, 2.45) is 0 Å². The van der Waals surface area contributed by atoms with Gasteiger partial charge in [-0.3, -0.25) is 9.88 Å². The largest absolute Gasteiger partial charge is 0.382 e. The minimum Gasteiger partial charge on any atom is -0.382 e. The maximum absolute atomic E-state index is 14.8. The predicted octanol–water partition coefficient (Wildman–Crippen LogP) is 3.62. The van der Waals surface area contributed by atoms with Gasteiger partial charge in [0, 0.05) is 44.5 Å². The van der Waals surface area contributed by atoms with E-state index in [-0.39, 0.29) is 5.82 Å². The number of hydrogen-bond donors (Lipinski definition) is 1. The molecule has 3 aromatic rings. The van der Waals surface area contributed by atoms with Crippen molar-refractivity contribution in [1.82, 2.24) is 9.88 Å². The number of anilines is 1. The smallest absolute Gasteiger partial charge is 0.146 e. The van der Waals surface area contributed by atoms with E-state index in [0.29, 0.717) is 16.9 Å². The molecular formula is C23H24FN3O. The molecule has 0 spiro atoms. The number of halogens is 1. The number of aromatic nitrogens is 1. The molecule has 4 rings (SSSR count). The molecule has 1 N–H and O–H groups in total. The number of aliphatic hydroxyl groups excluding tert-OH is 1. The minimum absolute atomic E-state index is 0.302. The lowest BCUT2D eigenvalue weighted by Gasteiger charge is -2.37. The molecule has 28 heavy (non-hydrogen) atoms. The standard InChI is InChI=1S/C23H24FN3O/c24-20-10-6-9-19(23(28)21-11-4-5-12-25-21)22(20)27-15-13-26(14-16-27)17-18-7-2-1-3-8-18/h1-12,23,28H,13-17H2. The van der Waals surface area contributed by atoms with Crippen LogP contribution in [-0.4, -0.2) is 41.2 Å². The van der Waals surface area contributed by atoms with Crippen LogP contribution in [0.4, 0.5) is 10.1 Å². The van der Waals surface area contributed by atoms with E-state index >= 15 is 0 Å². The SMILES string of the molecule is OC(c1ccccn1)c1cccc(F)c1N1CCN(Cc2ccccc2)CC1. The van der Waals surface area contributed by atoms with Crippen LogP contribution in [0.1, 0.15) is 22.9 Å². The molecular weight excluding hydrogens is 353 g/mol. The minimum atomic E-state index is -0.950. The molecule has 4 nitrogen and oxygen atoms in total. The van der Waals surface area contributed by atoms with E-state index in [0.717, 1.165) is 32.7 Å². The van der Waals surface area contributed by atoms with Crippen LogP contribution in [0.25, 0.3) is 0 Å². The van der Waals surface area contributed by atoms with Crippen LogP contribution in [0.15, 0.2) is 72.9 Å². The summed E-state index contributed by atoms with van der Waals surface area (Å²) >= 11 is 0. The van der Waals surface area contributed by atoms with Crippen molar-refractivity contribution in [2.75, 3.05) is 31.1 Å². The first-order valence-electron chi connectivity index (χ1n) is 9.61. The highest BCUT2D eigenvalue weighted by Crippen LogP contribution is 2.33. The number of para-hydroxylation sites is 1. The zero-order valence-electron chi connectivity index (χ0n) is 15.7. The Morgan fingerprint density at radius 3 is 2.36 bits per heavy atom. The van der Waals surface area contributed by atoms with Gasteiger partial charge in [0.05, 0.1) is 11.4 Å². The van der Waals surface area contributed by atoms with Gasteiger partial charge in [-0.05, 0) is 23.8 Å². The number of hydrogen-bond acceptors (Lipinski definition) is 4. The van der Waals surface area contributed by atoms with Crippen LogP contribution < -0.4 is 4.90 Å². The molecule has 0 amide bonds. The average Bonchev–Trinajstić information content (AvgIpc) is 2.75. The fraction of sp³-hybridized carbons (Fsp3) is 0.261. The van der Waals surface area contributed by atoms with Crippen LogP contribution in [0.2, 0.25) is 0 Å². The summed E-state index contributed by atoms with van der Waals surface area (Å²) in [6, 6.07) is 20.7. The number of aliphatic hydroxyl groups is 1. The molecule has 0 radical (unpaired) electrons. The molecule has 1 aliphatic rings. The molecule has 0 saturated carbocycles. The third kappa shape index (κ3) is 4.06. The van der Waals surface area contributed by atoms with Crippen LogP contribution in [-0.2, 0) is 6.54 Å². The summed E-state index contributed by atoms with van der Waals surface area (Å²) in [6.45, 7) is 4.03. The summed E-state index contributed by atoms with van der Waals surface area (Å²) in [6.07, 6.45) is 0.689. The summed E-state index contributed by atoms with van der Waals surface area (Å²) in [5.74, 6) is -0.302. The molecule has 5 heteroatoms. The lowest BCUT2D eigenvalue weighted by Crippen LogP contribution is -2.46. The molecule has 0 aliphatic carbocycles. The van der Waals surface area contributed by atoms with Gasteiger partial charge in [-0.15, -0.1) is 0 Å². The Balaban J connectivity index is 1.51. The van der Waals surface area contributed by atoms with Gasteiger partial charge in [-0.25, -0.2) is 4.39 Å². The van der Waals surface area contributed by atoms with Crippen molar-refractivity contribution in [1.29, 1.82) is 0 Å². The highest BCUT2D eigenvalue weighted by atomic mass is 19.1. The summed E-state index contributed by atoms with van der Waals surface area (Å²) in [5.41, 5.74) is 2.86. The van der Waals surface area contributed by atoms with Crippen LogP contribution in [0.3, 0.4) is 0 Å². The summed E-state index contributed by atoms with van der Waals surface area (Å²) in [4.78, 5) is 8.65. The molecule has 1 aromatic heterocycles. The molecule has 1 aliphatic heterocycles. The Morgan fingerprint density at radius 1 is 0.893 bits per heavy atom. The molecule has 1 unspecified atom stereocenters. The zero-order valence-corrected chi connectivity index (χ0v) is 15.7. The van der Waals surface area contributed by atoms with Crippen LogP contribution in [0.5, 0.6) is 0 Å². The lowest BCUT2D eigenvalue weighted by atomic mass is 10.0. The average molecular weight is 377 g/mol. The first kappa shape index (κ1) is 18.6. The van der Waals surface area contributed by atoms with Crippen molar-refractivity contribution < 1.29 is 9.50 Å². The second-order valence-corrected chi connectivity index (χ2v) is 7.08. The summed E-state index contributed by atoms with van der Waals surface area (Å²) in [7, 11) is 0. The Bertz CT molecular complexity index is 896. The van der Waals surface area contributed by atoms with Gasteiger partial charge in [0.1, 0.15) is 11.9 Å². The lowest BCUT2D eigenvalue weighted by molar-refractivity contribution is 0.213. The third-order valence-electron chi connectivity index (χ3n) is 5.22. The van der Waals surface area contributed by atoms with Crippen molar-refractivity contribution in [3.05, 3.63) is 95.6 Å². The monoisotopic (exact) mass is 377 g/mol. The highest BCUT2D eigenvalue weighted by Gasteiger charge is 2.25. The number of pyridine rings is 1. The summed E-state index contributed by atoms with van der Waals surface area (Å²) < 4.78 is 14.8. The Morgan fingerprint density at radius 2 is 1.64 bits per heavy atom. The normalized spacial score (nSPS) is 16.1. The van der Waals surface area contributed by atoms with Crippen LogP contribution >= 0.6 is 0 Å². The van der Waals surface area contributed by atoms with Crippen LogP contribution in [0, 0.1) is 5.82 Å². The number of nitrogens with zero attached hydrogens (tertiary/aromatic N) is 3. The fourth-order valence-corrected chi connectivity index (χ4v) is 3.75. The van der Waals surface area contributed by atoms with Gasteiger partial charge in [-0.1, -0.05) is 48.5 Å². The van der Waals surface area contributed by atoms with Crippen molar-refractivity contribution in [3.8, 4) is 0 Å². The van der Waals surface area contributed by atoms with Gasteiger partial charge >= 0.3 is 0 Å². The van der Waals surface area contributed by atoms with E-state index in [2.05, 4.69) is 34.1 Å². The van der Waals surface area contributed by atoms with Gasteiger partial charge < -0.3 is 10.0 Å². The Kier molecular flexibility index (Phi) is 5.65. The third-order valence-corrected chi connectivity index (χ3v) is 5.22. The molecule has 2 aromatic carbocycles. The Labute approximate surface area is 164 Å². The zero-order chi connectivity index (χ0) is 19.3. The maximum atomic E-state index is 14.8. The van der Waals surface area contributed by atoms with E-state index in [4.69, 9.17) is 0 Å². The molecule has 1 saturated heterocycles. The number of benzene rings is 2. The van der Waals surface area contributed by atoms with E-state index in [1.54, 1.807) is 30.5 Å². The quantitative estimate of drug-likeness (QED) is 0.737. The first-order valence-corrected chi connectivity index (χ1v) is 9.61. The van der Waals surface area contributed by atoms with Gasteiger partial charge in [0.15, 0.2) is 0 Å². The second kappa shape index (κ2) is 8.50. The van der Waals surface area contributed by atoms with Crippen molar-refractivity contribution >= 4 is 5.69 Å². The summed E-state index contributed by atoms with van der Waals surface area (Å²) in [5, 5.41) is 10.8. The molecule has 0 bridgehead atoms. The van der Waals surface area contributed by atoms with E-state index < -0.39 is 6.10 Å². The number of piperazine rings is 1. The van der Waals surface area contributed by atoms with E-state index in [1.165, 1.54) is 11.6 Å². The fourth-order valence-electron chi connectivity index (χ4n) is 3.75. The first-order chi connectivity index (χ1) is 13.7. The highest BCUT2D eigenvalue weighted by molar-refractivity contribution is 5.57. The maximum Gasteiger partial charge on any atom is 0.146 e. The van der Waals surface area contributed by atoms with E-state index in [9.17, 15) is 9.50 Å². The molecule has 1 fully saturated rings. The van der Waals surface area contributed by atoms with Gasteiger partial charge in [0.2, 0.25) is 0 Å². The van der Waals surface area contributed by atoms with Gasteiger partial charge in [0.25, 0.3) is 0 Å². The molecule has 1 atom stereocenters. The van der Waals surface area contributed by atoms with E-state index in [1.807, 2.05) is 17.0 Å². The van der Waals surface area contributed by atoms with Crippen molar-refractivity contribution in [3.63, 3.8) is 0 Å². The number of rotatable bonds is 5. The topological polar surface area (TPSA) is 39.6 Å². The van der Waals surface area contributed by atoms with Crippen molar-refractivity contribution in [2.45, 2.75) is 12.6 Å². The molecule has 144 valence electrons. The molecule has 2 heterocycles. The Hall–Kier alpha value is -2.76. The van der Waals surface area contributed by atoms with Gasteiger partial charge in [-0.2, -0.15) is 0 Å². The second-order valence-electron chi connectivity index (χ2n) is 7.08. The predicted molar refractivity (Wildman–Crippen MR) is 109 cm³/mol.